The number of nitrogens with zero attached hydrogens (tertiary/aromatic N) is 1. The predicted octanol–water partition coefficient (Wildman–Crippen LogP) is 3.00. The van der Waals surface area contributed by atoms with E-state index >= 15 is 0 Å². The highest BCUT2D eigenvalue weighted by Gasteiger charge is 2.08. The van der Waals surface area contributed by atoms with Crippen LogP contribution in [0.4, 0.5) is 10.5 Å². The standard InChI is InChI=1S/C17H17N3O3/c21-11-3-10-18-17(22)19-13-8-6-12(7-9-13)16-20-14-4-1-2-5-15(14)23-16/h1-2,4-9,21H,3,10-11H2,(H2,18,19,22). The van der Waals surface area contributed by atoms with Crippen molar-refractivity contribution in [2.45, 2.75) is 6.42 Å². The number of carbonyl (C=O) groups excluding carboxylic acids is 1. The van der Waals surface area contributed by atoms with Crippen LogP contribution in [0.1, 0.15) is 6.42 Å². The van der Waals surface area contributed by atoms with Crippen molar-refractivity contribution >= 4 is 22.8 Å². The molecule has 0 atom stereocenters. The van der Waals surface area contributed by atoms with E-state index in [4.69, 9.17) is 9.52 Å². The van der Waals surface area contributed by atoms with Crippen molar-refractivity contribution in [3.8, 4) is 11.5 Å². The van der Waals surface area contributed by atoms with E-state index in [-0.39, 0.29) is 12.6 Å². The Balaban J connectivity index is 1.68. The highest BCUT2D eigenvalue weighted by molar-refractivity contribution is 5.89. The summed E-state index contributed by atoms with van der Waals surface area (Å²) < 4.78 is 5.71. The Bertz CT molecular complexity index is 763. The lowest BCUT2D eigenvalue weighted by atomic mass is 10.2. The number of anilines is 1. The number of carbonyl (C=O) groups is 1. The van der Waals surface area contributed by atoms with Gasteiger partial charge in [-0.25, -0.2) is 9.78 Å². The van der Waals surface area contributed by atoms with Gasteiger partial charge in [0.1, 0.15) is 5.52 Å². The highest BCUT2D eigenvalue weighted by Crippen LogP contribution is 2.25. The quantitative estimate of drug-likeness (QED) is 0.632. The van der Waals surface area contributed by atoms with Crippen molar-refractivity contribution < 1.29 is 14.3 Å². The zero-order valence-corrected chi connectivity index (χ0v) is 12.5. The molecule has 0 aliphatic heterocycles. The first-order valence-electron chi connectivity index (χ1n) is 7.38. The Hall–Kier alpha value is -2.86. The first-order valence-corrected chi connectivity index (χ1v) is 7.38. The number of fused-ring (bicyclic) bond motifs is 1. The SMILES string of the molecule is O=C(NCCCO)Nc1ccc(-c2nc3ccccc3o2)cc1. The summed E-state index contributed by atoms with van der Waals surface area (Å²) in [6.07, 6.45) is 0.532. The monoisotopic (exact) mass is 311 g/mol. The van der Waals surface area contributed by atoms with Crippen molar-refractivity contribution in [3.05, 3.63) is 48.5 Å². The first kappa shape index (κ1) is 15.1. The molecule has 0 radical (unpaired) electrons. The third kappa shape index (κ3) is 3.67. The average molecular weight is 311 g/mol. The van der Waals surface area contributed by atoms with Crippen LogP contribution in [0.5, 0.6) is 0 Å². The van der Waals surface area contributed by atoms with Gasteiger partial charge in [0, 0.05) is 24.4 Å². The number of benzene rings is 2. The molecule has 2 aromatic carbocycles. The van der Waals surface area contributed by atoms with E-state index in [1.807, 2.05) is 36.4 Å². The number of aliphatic hydroxyl groups is 1. The second-order valence-electron chi connectivity index (χ2n) is 5.02. The third-order valence-electron chi connectivity index (χ3n) is 3.30. The maximum atomic E-state index is 11.6. The van der Waals surface area contributed by atoms with E-state index < -0.39 is 0 Å². The van der Waals surface area contributed by atoms with Crippen molar-refractivity contribution in [1.82, 2.24) is 10.3 Å². The largest absolute Gasteiger partial charge is 0.436 e. The molecule has 3 rings (SSSR count). The van der Waals surface area contributed by atoms with Gasteiger partial charge in [-0.1, -0.05) is 12.1 Å². The van der Waals surface area contributed by atoms with Crippen LogP contribution < -0.4 is 10.6 Å². The molecule has 0 fully saturated rings. The summed E-state index contributed by atoms with van der Waals surface area (Å²) in [6, 6.07) is 14.5. The van der Waals surface area contributed by atoms with E-state index in [2.05, 4.69) is 15.6 Å². The number of rotatable bonds is 5. The highest BCUT2D eigenvalue weighted by atomic mass is 16.3. The minimum atomic E-state index is -0.298. The minimum absolute atomic E-state index is 0.0550. The van der Waals surface area contributed by atoms with Crippen molar-refractivity contribution in [1.29, 1.82) is 0 Å². The normalized spacial score (nSPS) is 10.7. The Morgan fingerprint density at radius 2 is 1.91 bits per heavy atom. The van der Waals surface area contributed by atoms with Crippen molar-refractivity contribution in [2.24, 2.45) is 0 Å². The molecule has 1 aromatic heterocycles. The number of oxazole rings is 1. The molecule has 0 saturated carbocycles. The van der Waals surface area contributed by atoms with Crippen LogP contribution in [0, 0.1) is 0 Å². The maximum absolute atomic E-state index is 11.6. The van der Waals surface area contributed by atoms with E-state index in [0.29, 0.717) is 24.5 Å². The van der Waals surface area contributed by atoms with Crippen LogP contribution in [0.2, 0.25) is 0 Å². The first-order chi connectivity index (χ1) is 11.3. The molecule has 3 aromatic rings. The van der Waals surface area contributed by atoms with Gasteiger partial charge in [0.15, 0.2) is 5.58 Å². The summed E-state index contributed by atoms with van der Waals surface area (Å²) in [4.78, 5) is 16.1. The molecule has 0 saturated heterocycles. The Morgan fingerprint density at radius 1 is 1.13 bits per heavy atom. The number of aliphatic hydroxyl groups excluding tert-OH is 1. The van der Waals surface area contributed by atoms with E-state index in [0.717, 1.165) is 16.7 Å². The summed E-state index contributed by atoms with van der Waals surface area (Å²) in [5.74, 6) is 0.546. The van der Waals surface area contributed by atoms with Crippen LogP contribution in [0.3, 0.4) is 0 Å². The van der Waals surface area contributed by atoms with Gasteiger partial charge in [-0.15, -0.1) is 0 Å². The van der Waals surface area contributed by atoms with Crippen LogP contribution in [0.15, 0.2) is 52.9 Å². The van der Waals surface area contributed by atoms with Crippen molar-refractivity contribution in [3.63, 3.8) is 0 Å². The van der Waals surface area contributed by atoms with Crippen LogP contribution in [-0.4, -0.2) is 29.3 Å². The van der Waals surface area contributed by atoms with Gasteiger partial charge in [0.05, 0.1) is 0 Å². The molecular formula is C17H17N3O3. The second kappa shape index (κ2) is 6.93. The van der Waals surface area contributed by atoms with Crippen molar-refractivity contribution in [2.75, 3.05) is 18.5 Å². The number of urea groups is 1. The van der Waals surface area contributed by atoms with Gasteiger partial charge in [-0.3, -0.25) is 0 Å². The molecule has 6 heteroatoms. The second-order valence-corrected chi connectivity index (χ2v) is 5.02. The molecule has 3 N–H and O–H groups in total. The van der Waals surface area contributed by atoms with E-state index in [1.54, 1.807) is 12.1 Å². The third-order valence-corrected chi connectivity index (χ3v) is 3.30. The Morgan fingerprint density at radius 3 is 2.65 bits per heavy atom. The molecule has 0 aliphatic carbocycles. The van der Waals surface area contributed by atoms with Gasteiger partial charge in [-0.05, 0) is 42.8 Å². The number of hydrogen-bond donors (Lipinski definition) is 3. The number of para-hydroxylation sites is 2. The van der Waals surface area contributed by atoms with Gasteiger partial charge in [0.25, 0.3) is 0 Å². The zero-order valence-electron chi connectivity index (χ0n) is 12.5. The van der Waals surface area contributed by atoms with Crippen LogP contribution >= 0.6 is 0 Å². The van der Waals surface area contributed by atoms with Gasteiger partial charge < -0.3 is 20.2 Å². The summed E-state index contributed by atoms with van der Waals surface area (Å²) in [5, 5.41) is 14.1. The molecule has 1 heterocycles. The Labute approximate surface area is 133 Å². The lowest BCUT2D eigenvalue weighted by Gasteiger charge is -2.07. The molecular weight excluding hydrogens is 294 g/mol. The summed E-state index contributed by atoms with van der Waals surface area (Å²) in [6.45, 7) is 0.489. The summed E-state index contributed by atoms with van der Waals surface area (Å²) >= 11 is 0. The molecule has 23 heavy (non-hydrogen) atoms. The number of nitrogens with one attached hydrogen (secondary N) is 2. The average Bonchev–Trinajstić information content (AvgIpc) is 3.00. The Kier molecular flexibility index (Phi) is 4.54. The lowest BCUT2D eigenvalue weighted by molar-refractivity contribution is 0.249. The number of hydrogen-bond acceptors (Lipinski definition) is 4. The molecule has 118 valence electrons. The van der Waals surface area contributed by atoms with Crippen LogP contribution in [0.25, 0.3) is 22.6 Å². The molecule has 0 unspecified atom stereocenters. The van der Waals surface area contributed by atoms with Crippen LogP contribution in [-0.2, 0) is 0 Å². The molecule has 0 aliphatic rings. The topological polar surface area (TPSA) is 87.4 Å². The zero-order chi connectivity index (χ0) is 16.1. The smallest absolute Gasteiger partial charge is 0.319 e. The number of amides is 2. The molecule has 2 amide bonds. The molecule has 0 spiro atoms. The summed E-state index contributed by atoms with van der Waals surface area (Å²) in [7, 11) is 0. The fraction of sp³-hybridized carbons (Fsp3) is 0.176. The van der Waals surface area contributed by atoms with E-state index in [1.165, 1.54) is 0 Å². The minimum Gasteiger partial charge on any atom is -0.436 e. The fourth-order valence-electron chi connectivity index (χ4n) is 2.15. The van der Waals surface area contributed by atoms with Gasteiger partial charge >= 0.3 is 6.03 Å². The predicted molar refractivity (Wildman–Crippen MR) is 88.2 cm³/mol. The lowest BCUT2D eigenvalue weighted by Crippen LogP contribution is -2.29. The van der Waals surface area contributed by atoms with Gasteiger partial charge in [-0.2, -0.15) is 0 Å². The number of aromatic nitrogens is 1. The fourth-order valence-corrected chi connectivity index (χ4v) is 2.15. The maximum Gasteiger partial charge on any atom is 0.319 e. The van der Waals surface area contributed by atoms with E-state index in [9.17, 15) is 4.79 Å². The summed E-state index contributed by atoms with van der Waals surface area (Å²) in [5.41, 5.74) is 3.07. The van der Waals surface area contributed by atoms with Gasteiger partial charge in [0.2, 0.25) is 5.89 Å². The molecule has 6 nitrogen and oxygen atoms in total. The molecule has 0 bridgehead atoms.